The standard InChI is InChI=1S/C19H26F3N5O2/c1-4-23-18(24-11-7-10-16-26-17(13(2)3)27-29-16)25-12-14-8-5-6-9-15(14)28-19(20,21)22/h5-6,8-9,13H,4,7,10-12H2,1-3H3,(H2,23,24,25). The normalized spacial score (nSPS) is 12.3. The van der Waals surface area contributed by atoms with Gasteiger partial charge in [-0.25, -0.2) is 4.99 Å². The van der Waals surface area contributed by atoms with Crippen LogP contribution in [0.2, 0.25) is 0 Å². The minimum Gasteiger partial charge on any atom is -0.405 e. The Kier molecular flexibility index (Phi) is 8.29. The van der Waals surface area contributed by atoms with Gasteiger partial charge < -0.3 is 19.9 Å². The maximum absolute atomic E-state index is 12.5. The van der Waals surface area contributed by atoms with E-state index in [1.54, 1.807) is 12.1 Å². The summed E-state index contributed by atoms with van der Waals surface area (Å²) >= 11 is 0. The lowest BCUT2D eigenvalue weighted by atomic mass is 10.2. The van der Waals surface area contributed by atoms with E-state index in [2.05, 4.69) is 30.5 Å². The number of nitrogens with one attached hydrogen (secondary N) is 2. The van der Waals surface area contributed by atoms with E-state index in [-0.39, 0.29) is 18.2 Å². The van der Waals surface area contributed by atoms with Crippen molar-refractivity contribution in [3.8, 4) is 5.75 Å². The molecule has 0 spiro atoms. The van der Waals surface area contributed by atoms with E-state index in [4.69, 9.17) is 4.52 Å². The highest BCUT2D eigenvalue weighted by Gasteiger charge is 2.31. The quantitative estimate of drug-likeness (QED) is 0.370. The number of hydrogen-bond acceptors (Lipinski definition) is 5. The average Bonchev–Trinajstić information content (AvgIpc) is 3.12. The fourth-order valence-corrected chi connectivity index (χ4v) is 2.42. The molecule has 0 aliphatic carbocycles. The number of nitrogens with zero attached hydrogens (tertiary/aromatic N) is 3. The average molecular weight is 413 g/mol. The second-order valence-corrected chi connectivity index (χ2v) is 6.58. The lowest BCUT2D eigenvalue weighted by molar-refractivity contribution is -0.274. The zero-order valence-electron chi connectivity index (χ0n) is 16.7. The van der Waals surface area contributed by atoms with Gasteiger partial charge in [0, 0.05) is 31.0 Å². The summed E-state index contributed by atoms with van der Waals surface area (Å²) in [6.07, 6.45) is -3.39. The van der Waals surface area contributed by atoms with Crippen LogP contribution in [0.1, 0.15) is 50.4 Å². The molecule has 0 saturated carbocycles. The van der Waals surface area contributed by atoms with Gasteiger partial charge in [-0.05, 0) is 19.4 Å². The molecule has 1 heterocycles. The van der Waals surface area contributed by atoms with E-state index in [1.165, 1.54) is 12.1 Å². The van der Waals surface area contributed by atoms with Crippen molar-refractivity contribution >= 4 is 5.96 Å². The van der Waals surface area contributed by atoms with Crippen LogP contribution in [0.3, 0.4) is 0 Å². The van der Waals surface area contributed by atoms with E-state index in [1.807, 2.05) is 20.8 Å². The third-order valence-electron chi connectivity index (χ3n) is 3.81. The van der Waals surface area contributed by atoms with Crippen molar-refractivity contribution < 1.29 is 22.4 Å². The summed E-state index contributed by atoms with van der Waals surface area (Å²) in [5.74, 6) is 1.72. The maximum atomic E-state index is 12.5. The molecule has 0 atom stereocenters. The molecular weight excluding hydrogens is 387 g/mol. The topological polar surface area (TPSA) is 84.6 Å². The fraction of sp³-hybridized carbons (Fsp3) is 0.526. The number of aryl methyl sites for hydroxylation is 1. The van der Waals surface area contributed by atoms with Crippen molar-refractivity contribution in [3.63, 3.8) is 0 Å². The molecule has 10 heteroatoms. The Bertz CT molecular complexity index is 790. The molecule has 0 aliphatic heterocycles. The van der Waals surface area contributed by atoms with Crippen LogP contribution in [0.5, 0.6) is 5.75 Å². The Balaban J connectivity index is 1.89. The minimum atomic E-state index is -4.74. The number of ether oxygens (including phenoxy) is 1. The molecule has 0 bridgehead atoms. The summed E-state index contributed by atoms with van der Waals surface area (Å²) in [6, 6.07) is 5.95. The monoisotopic (exact) mass is 413 g/mol. The van der Waals surface area contributed by atoms with Crippen molar-refractivity contribution in [1.29, 1.82) is 0 Å². The van der Waals surface area contributed by atoms with Crippen molar-refractivity contribution in [2.75, 3.05) is 13.1 Å². The van der Waals surface area contributed by atoms with Crippen molar-refractivity contribution in [3.05, 3.63) is 41.5 Å². The third-order valence-corrected chi connectivity index (χ3v) is 3.81. The molecule has 0 radical (unpaired) electrons. The zero-order valence-corrected chi connectivity index (χ0v) is 16.7. The Morgan fingerprint density at radius 3 is 2.66 bits per heavy atom. The molecule has 0 unspecified atom stereocenters. The third kappa shape index (κ3) is 8.00. The number of aliphatic imine (C=N–C) groups is 1. The van der Waals surface area contributed by atoms with E-state index in [0.717, 1.165) is 6.42 Å². The Labute approximate surface area is 167 Å². The van der Waals surface area contributed by atoms with Gasteiger partial charge >= 0.3 is 6.36 Å². The number of benzene rings is 1. The maximum Gasteiger partial charge on any atom is 0.573 e. The van der Waals surface area contributed by atoms with Crippen LogP contribution in [0.15, 0.2) is 33.8 Å². The van der Waals surface area contributed by atoms with Crippen molar-refractivity contribution in [1.82, 2.24) is 20.8 Å². The molecule has 2 rings (SSSR count). The van der Waals surface area contributed by atoms with Crippen LogP contribution in [0.4, 0.5) is 13.2 Å². The summed E-state index contributed by atoms with van der Waals surface area (Å²) in [5, 5.41) is 10.1. The van der Waals surface area contributed by atoms with E-state index < -0.39 is 6.36 Å². The van der Waals surface area contributed by atoms with Gasteiger partial charge in [0.1, 0.15) is 5.75 Å². The number of para-hydroxylation sites is 1. The second kappa shape index (κ2) is 10.7. The molecular formula is C19H26F3N5O2. The van der Waals surface area contributed by atoms with Crippen LogP contribution >= 0.6 is 0 Å². The van der Waals surface area contributed by atoms with Gasteiger partial charge in [-0.15, -0.1) is 13.2 Å². The molecule has 0 aliphatic rings. The summed E-state index contributed by atoms with van der Waals surface area (Å²) in [6.45, 7) is 7.15. The molecule has 2 aromatic rings. The Morgan fingerprint density at radius 2 is 2.00 bits per heavy atom. The van der Waals surface area contributed by atoms with Crippen molar-refractivity contribution in [2.45, 2.75) is 52.4 Å². The van der Waals surface area contributed by atoms with Crippen LogP contribution in [0, 0.1) is 0 Å². The molecule has 29 heavy (non-hydrogen) atoms. The number of alkyl halides is 3. The van der Waals surface area contributed by atoms with E-state index in [9.17, 15) is 13.2 Å². The lowest BCUT2D eigenvalue weighted by Gasteiger charge is -2.13. The summed E-state index contributed by atoms with van der Waals surface area (Å²) in [4.78, 5) is 8.66. The molecule has 1 aromatic heterocycles. The largest absolute Gasteiger partial charge is 0.573 e. The molecule has 1 aromatic carbocycles. The van der Waals surface area contributed by atoms with Crippen LogP contribution in [-0.2, 0) is 13.0 Å². The van der Waals surface area contributed by atoms with Gasteiger partial charge in [-0.3, -0.25) is 0 Å². The molecule has 0 fully saturated rings. The first-order valence-electron chi connectivity index (χ1n) is 9.46. The Hall–Kier alpha value is -2.78. The molecule has 160 valence electrons. The van der Waals surface area contributed by atoms with E-state index in [0.29, 0.717) is 42.7 Å². The van der Waals surface area contributed by atoms with Gasteiger partial charge in [0.25, 0.3) is 0 Å². The lowest BCUT2D eigenvalue weighted by Crippen LogP contribution is -2.37. The number of hydrogen-bond donors (Lipinski definition) is 2. The van der Waals surface area contributed by atoms with Gasteiger partial charge in [0.05, 0.1) is 6.54 Å². The summed E-state index contributed by atoms with van der Waals surface area (Å²) in [5.41, 5.74) is 0.342. The molecule has 0 saturated heterocycles. The molecule has 0 amide bonds. The van der Waals surface area contributed by atoms with Crippen molar-refractivity contribution in [2.24, 2.45) is 4.99 Å². The number of aromatic nitrogens is 2. The zero-order chi connectivity index (χ0) is 21.3. The number of halogens is 3. The minimum absolute atomic E-state index is 0.0446. The summed E-state index contributed by atoms with van der Waals surface area (Å²) in [7, 11) is 0. The molecule has 2 N–H and O–H groups in total. The smallest absolute Gasteiger partial charge is 0.405 e. The van der Waals surface area contributed by atoms with E-state index >= 15 is 0 Å². The first-order valence-corrected chi connectivity index (χ1v) is 9.46. The first-order chi connectivity index (χ1) is 13.8. The predicted molar refractivity (Wildman–Crippen MR) is 103 cm³/mol. The van der Waals surface area contributed by atoms with Crippen LogP contribution in [0.25, 0.3) is 0 Å². The second-order valence-electron chi connectivity index (χ2n) is 6.58. The first kappa shape index (κ1) is 22.5. The van der Waals surface area contributed by atoms with Crippen LogP contribution in [-0.4, -0.2) is 35.6 Å². The highest BCUT2D eigenvalue weighted by molar-refractivity contribution is 5.79. The summed E-state index contributed by atoms with van der Waals surface area (Å²) < 4.78 is 46.9. The van der Waals surface area contributed by atoms with Crippen LogP contribution < -0.4 is 15.4 Å². The highest BCUT2D eigenvalue weighted by Crippen LogP contribution is 2.26. The van der Waals surface area contributed by atoms with Gasteiger partial charge in [-0.1, -0.05) is 37.2 Å². The number of rotatable bonds is 9. The number of guanidine groups is 1. The Morgan fingerprint density at radius 1 is 1.24 bits per heavy atom. The van der Waals surface area contributed by atoms with Gasteiger partial charge in [0.15, 0.2) is 11.8 Å². The molecule has 7 nitrogen and oxygen atoms in total. The predicted octanol–water partition coefficient (Wildman–Crippen LogP) is 3.78. The van der Waals surface area contributed by atoms with Gasteiger partial charge in [-0.2, -0.15) is 4.98 Å². The SMILES string of the molecule is CCNC(=NCc1ccccc1OC(F)(F)F)NCCCc1nc(C(C)C)no1. The highest BCUT2D eigenvalue weighted by atomic mass is 19.4. The fourth-order valence-electron chi connectivity index (χ4n) is 2.42. The van der Waals surface area contributed by atoms with Gasteiger partial charge in [0.2, 0.25) is 5.89 Å².